The van der Waals surface area contributed by atoms with Crippen LogP contribution in [0, 0.1) is 11.8 Å². The molecule has 1 N–H and O–H groups in total. The van der Waals surface area contributed by atoms with E-state index in [0.29, 0.717) is 24.9 Å². The molecule has 0 radical (unpaired) electrons. The molecule has 1 saturated heterocycles. The second kappa shape index (κ2) is 8.46. The molecular weight excluding hydrogens is 286 g/mol. The van der Waals surface area contributed by atoms with E-state index in [-0.39, 0.29) is 6.04 Å². The lowest BCUT2D eigenvalue weighted by Gasteiger charge is -2.36. The maximum absolute atomic E-state index is 12.7. The summed E-state index contributed by atoms with van der Waals surface area (Å²) in [5, 5.41) is 3.36. The van der Waals surface area contributed by atoms with Crippen molar-refractivity contribution in [2.75, 3.05) is 33.2 Å². The van der Waals surface area contributed by atoms with Gasteiger partial charge in [-0.2, -0.15) is 17.0 Å². The van der Waals surface area contributed by atoms with Crippen LogP contribution >= 0.6 is 0 Å². The van der Waals surface area contributed by atoms with Gasteiger partial charge >= 0.3 is 0 Å². The first-order chi connectivity index (χ1) is 9.78. The number of nitrogens with one attached hydrogen (secondary N) is 1. The Bertz CT molecular complexity index is 390. The van der Waals surface area contributed by atoms with Gasteiger partial charge in [0.05, 0.1) is 0 Å². The molecule has 21 heavy (non-hydrogen) atoms. The molecule has 0 aromatic carbocycles. The molecule has 1 heterocycles. The Kier molecular flexibility index (Phi) is 7.60. The van der Waals surface area contributed by atoms with Gasteiger partial charge in [-0.05, 0) is 51.1 Å². The molecular formula is C15H33N3O2S. The summed E-state index contributed by atoms with van der Waals surface area (Å²) in [5.41, 5.74) is 0. The number of hydrogen-bond acceptors (Lipinski definition) is 3. The van der Waals surface area contributed by atoms with Crippen LogP contribution in [-0.2, 0) is 10.2 Å². The van der Waals surface area contributed by atoms with E-state index in [1.54, 1.807) is 15.7 Å². The highest BCUT2D eigenvalue weighted by atomic mass is 32.2. The predicted octanol–water partition coefficient (Wildman–Crippen LogP) is 1.92. The molecule has 0 saturated carbocycles. The highest BCUT2D eigenvalue weighted by Crippen LogP contribution is 2.22. The average Bonchev–Trinajstić information content (AvgIpc) is 2.43. The summed E-state index contributed by atoms with van der Waals surface area (Å²) in [6.45, 7) is 11.6. The third-order valence-electron chi connectivity index (χ3n) is 4.38. The first-order valence-corrected chi connectivity index (χ1v) is 9.62. The molecule has 1 aliphatic heterocycles. The maximum atomic E-state index is 12.7. The van der Waals surface area contributed by atoms with Gasteiger partial charge in [0.15, 0.2) is 0 Å². The van der Waals surface area contributed by atoms with Crippen molar-refractivity contribution in [3.05, 3.63) is 0 Å². The lowest BCUT2D eigenvalue weighted by Crippen LogP contribution is -2.49. The predicted molar refractivity (Wildman–Crippen MR) is 88.4 cm³/mol. The fraction of sp³-hybridized carbons (Fsp3) is 1.00. The summed E-state index contributed by atoms with van der Waals surface area (Å²) in [6.07, 6.45) is 2.81. The van der Waals surface area contributed by atoms with E-state index in [1.165, 1.54) is 0 Å². The number of hydrogen-bond donors (Lipinski definition) is 1. The van der Waals surface area contributed by atoms with Crippen molar-refractivity contribution >= 4 is 10.2 Å². The Morgan fingerprint density at radius 3 is 2.29 bits per heavy atom. The van der Waals surface area contributed by atoms with Crippen molar-refractivity contribution < 1.29 is 8.42 Å². The Hall–Kier alpha value is -0.170. The Morgan fingerprint density at radius 1 is 1.24 bits per heavy atom. The second-order valence-electron chi connectivity index (χ2n) is 6.65. The standard InChI is InChI=1S/C15H33N3O2S/c1-6-16-12-15-7-9-18(10-8-15)21(19,20)17(5)14(4)11-13(2)3/h13-16H,6-12H2,1-5H3. The summed E-state index contributed by atoms with van der Waals surface area (Å²) in [6, 6.07) is 0.0504. The van der Waals surface area contributed by atoms with Gasteiger partial charge in [-0.1, -0.05) is 20.8 Å². The van der Waals surface area contributed by atoms with Gasteiger partial charge in [0.25, 0.3) is 10.2 Å². The summed E-state index contributed by atoms with van der Waals surface area (Å²) in [4.78, 5) is 0. The molecule has 6 heteroatoms. The minimum Gasteiger partial charge on any atom is -0.317 e. The quantitative estimate of drug-likeness (QED) is 0.743. The topological polar surface area (TPSA) is 52.7 Å². The molecule has 0 aromatic rings. The van der Waals surface area contributed by atoms with Crippen LogP contribution in [0.25, 0.3) is 0 Å². The summed E-state index contributed by atoms with van der Waals surface area (Å²) >= 11 is 0. The minimum absolute atomic E-state index is 0.0504. The highest BCUT2D eigenvalue weighted by molar-refractivity contribution is 7.86. The third kappa shape index (κ3) is 5.51. The van der Waals surface area contributed by atoms with Crippen LogP contribution in [0.2, 0.25) is 0 Å². The molecule has 1 fully saturated rings. The fourth-order valence-electron chi connectivity index (χ4n) is 2.93. The smallest absolute Gasteiger partial charge is 0.281 e. The van der Waals surface area contributed by atoms with Gasteiger partial charge in [0, 0.05) is 26.2 Å². The number of rotatable bonds is 8. The van der Waals surface area contributed by atoms with Crippen molar-refractivity contribution in [3.63, 3.8) is 0 Å². The van der Waals surface area contributed by atoms with Gasteiger partial charge in [0.1, 0.15) is 0 Å². The molecule has 0 aliphatic carbocycles. The molecule has 1 unspecified atom stereocenters. The molecule has 1 rings (SSSR count). The minimum atomic E-state index is -3.30. The summed E-state index contributed by atoms with van der Waals surface area (Å²) in [7, 11) is -1.59. The zero-order valence-electron chi connectivity index (χ0n) is 14.3. The average molecular weight is 320 g/mol. The van der Waals surface area contributed by atoms with Crippen molar-refractivity contribution in [2.24, 2.45) is 11.8 Å². The van der Waals surface area contributed by atoms with Crippen molar-refractivity contribution in [1.29, 1.82) is 0 Å². The van der Waals surface area contributed by atoms with Crippen LogP contribution in [0.5, 0.6) is 0 Å². The number of piperidine rings is 1. The van der Waals surface area contributed by atoms with Crippen LogP contribution in [0.3, 0.4) is 0 Å². The maximum Gasteiger partial charge on any atom is 0.281 e. The van der Waals surface area contributed by atoms with Crippen molar-refractivity contribution in [2.45, 2.75) is 53.0 Å². The monoisotopic (exact) mass is 319 g/mol. The lowest BCUT2D eigenvalue weighted by molar-refractivity contribution is 0.241. The number of nitrogens with zero attached hydrogens (tertiary/aromatic N) is 2. The fourth-order valence-corrected chi connectivity index (χ4v) is 4.51. The zero-order valence-corrected chi connectivity index (χ0v) is 15.1. The van der Waals surface area contributed by atoms with E-state index in [1.807, 2.05) is 6.92 Å². The van der Waals surface area contributed by atoms with E-state index in [2.05, 4.69) is 26.1 Å². The molecule has 0 spiro atoms. The van der Waals surface area contributed by atoms with E-state index < -0.39 is 10.2 Å². The molecule has 1 atom stereocenters. The first kappa shape index (κ1) is 18.9. The van der Waals surface area contributed by atoms with Gasteiger partial charge in [-0.15, -0.1) is 0 Å². The second-order valence-corrected chi connectivity index (χ2v) is 8.64. The van der Waals surface area contributed by atoms with Gasteiger partial charge in [0.2, 0.25) is 0 Å². The zero-order chi connectivity index (χ0) is 16.0. The van der Waals surface area contributed by atoms with E-state index in [0.717, 1.165) is 32.4 Å². The molecule has 0 aromatic heterocycles. The molecule has 126 valence electrons. The molecule has 0 amide bonds. The van der Waals surface area contributed by atoms with E-state index in [9.17, 15) is 8.42 Å². The van der Waals surface area contributed by atoms with Crippen LogP contribution < -0.4 is 5.32 Å². The Labute approximate surface area is 131 Å². The molecule has 1 aliphatic rings. The van der Waals surface area contributed by atoms with Crippen LogP contribution in [0.1, 0.15) is 47.0 Å². The Morgan fingerprint density at radius 2 is 1.81 bits per heavy atom. The van der Waals surface area contributed by atoms with E-state index >= 15 is 0 Å². The van der Waals surface area contributed by atoms with Gasteiger partial charge < -0.3 is 5.32 Å². The van der Waals surface area contributed by atoms with Crippen LogP contribution in [0.15, 0.2) is 0 Å². The summed E-state index contributed by atoms with van der Waals surface area (Å²) in [5.74, 6) is 1.11. The Balaban J connectivity index is 2.56. The van der Waals surface area contributed by atoms with E-state index in [4.69, 9.17) is 0 Å². The highest BCUT2D eigenvalue weighted by Gasteiger charge is 2.33. The van der Waals surface area contributed by atoms with Crippen molar-refractivity contribution in [3.8, 4) is 0 Å². The SMILES string of the molecule is CCNCC1CCN(S(=O)(=O)N(C)C(C)CC(C)C)CC1. The van der Waals surface area contributed by atoms with Crippen LogP contribution in [-0.4, -0.2) is 56.3 Å². The third-order valence-corrected chi connectivity index (χ3v) is 6.49. The summed E-state index contributed by atoms with van der Waals surface area (Å²) < 4.78 is 28.5. The molecule has 0 bridgehead atoms. The van der Waals surface area contributed by atoms with Gasteiger partial charge in [-0.25, -0.2) is 0 Å². The van der Waals surface area contributed by atoms with Crippen LogP contribution in [0.4, 0.5) is 0 Å². The van der Waals surface area contributed by atoms with Crippen molar-refractivity contribution in [1.82, 2.24) is 13.9 Å². The normalized spacial score (nSPS) is 20.3. The molecule has 5 nitrogen and oxygen atoms in total. The lowest BCUT2D eigenvalue weighted by atomic mass is 9.98. The largest absolute Gasteiger partial charge is 0.317 e. The van der Waals surface area contributed by atoms with Gasteiger partial charge in [-0.3, -0.25) is 0 Å². The first-order valence-electron chi connectivity index (χ1n) is 8.22.